The van der Waals surface area contributed by atoms with E-state index in [0.29, 0.717) is 12.0 Å². The standard InChI is InChI=1S/C9H19NO2/c1-4-7(2)5-8(3)10-6-9(11)12/h7-8,10H,4-6H2,1-3H3,(H,11,12). The highest BCUT2D eigenvalue weighted by Gasteiger charge is 2.07. The van der Waals surface area contributed by atoms with E-state index in [9.17, 15) is 4.79 Å². The summed E-state index contributed by atoms with van der Waals surface area (Å²) in [7, 11) is 0. The Kier molecular flexibility index (Phi) is 5.72. The van der Waals surface area contributed by atoms with Crippen LogP contribution < -0.4 is 5.32 Å². The maximum Gasteiger partial charge on any atom is 0.317 e. The molecular weight excluding hydrogens is 154 g/mol. The second-order valence-corrected chi connectivity index (χ2v) is 3.42. The maximum atomic E-state index is 10.2. The Morgan fingerprint density at radius 3 is 2.50 bits per heavy atom. The van der Waals surface area contributed by atoms with E-state index in [1.165, 1.54) is 0 Å². The quantitative estimate of drug-likeness (QED) is 0.639. The molecule has 0 radical (unpaired) electrons. The van der Waals surface area contributed by atoms with Gasteiger partial charge in [0.15, 0.2) is 0 Å². The van der Waals surface area contributed by atoms with Crippen molar-refractivity contribution < 1.29 is 9.90 Å². The van der Waals surface area contributed by atoms with Crippen LogP contribution in [0.3, 0.4) is 0 Å². The van der Waals surface area contributed by atoms with Gasteiger partial charge in [0.25, 0.3) is 0 Å². The van der Waals surface area contributed by atoms with E-state index in [1.807, 2.05) is 6.92 Å². The number of hydrogen-bond donors (Lipinski definition) is 2. The van der Waals surface area contributed by atoms with Gasteiger partial charge in [0.2, 0.25) is 0 Å². The van der Waals surface area contributed by atoms with Crippen molar-refractivity contribution in [1.29, 1.82) is 0 Å². The highest BCUT2D eigenvalue weighted by Crippen LogP contribution is 2.08. The summed E-state index contributed by atoms with van der Waals surface area (Å²) in [5.74, 6) is -0.118. The van der Waals surface area contributed by atoms with Crippen molar-refractivity contribution in [2.24, 2.45) is 5.92 Å². The van der Waals surface area contributed by atoms with Gasteiger partial charge in [-0.1, -0.05) is 20.3 Å². The molecule has 0 bridgehead atoms. The van der Waals surface area contributed by atoms with Crippen molar-refractivity contribution in [2.45, 2.75) is 39.7 Å². The van der Waals surface area contributed by atoms with Crippen LogP contribution >= 0.6 is 0 Å². The van der Waals surface area contributed by atoms with Crippen molar-refractivity contribution in [2.75, 3.05) is 6.54 Å². The van der Waals surface area contributed by atoms with Gasteiger partial charge < -0.3 is 10.4 Å². The van der Waals surface area contributed by atoms with E-state index >= 15 is 0 Å². The summed E-state index contributed by atoms with van der Waals surface area (Å²) in [6, 6.07) is 0.302. The molecule has 0 spiro atoms. The average molecular weight is 173 g/mol. The lowest BCUT2D eigenvalue weighted by molar-refractivity contribution is -0.136. The first-order chi connectivity index (χ1) is 5.56. The van der Waals surface area contributed by atoms with Crippen LogP contribution in [-0.2, 0) is 4.79 Å². The summed E-state index contributed by atoms with van der Waals surface area (Å²) in [5, 5.41) is 11.3. The van der Waals surface area contributed by atoms with Crippen LogP contribution in [0.1, 0.15) is 33.6 Å². The molecule has 0 fully saturated rings. The summed E-state index contributed by atoms with van der Waals surface area (Å²) >= 11 is 0. The zero-order valence-corrected chi connectivity index (χ0v) is 8.13. The number of carboxylic acid groups (broad SMARTS) is 1. The van der Waals surface area contributed by atoms with Crippen molar-refractivity contribution in [3.05, 3.63) is 0 Å². The molecule has 0 aliphatic rings. The minimum atomic E-state index is -0.786. The fraction of sp³-hybridized carbons (Fsp3) is 0.889. The van der Waals surface area contributed by atoms with Gasteiger partial charge in [-0.2, -0.15) is 0 Å². The molecule has 0 aromatic rings. The SMILES string of the molecule is CCC(C)CC(C)NCC(=O)O. The molecule has 2 unspecified atom stereocenters. The van der Waals surface area contributed by atoms with E-state index in [1.54, 1.807) is 0 Å². The number of carbonyl (C=O) groups is 1. The lowest BCUT2D eigenvalue weighted by atomic mass is 10.0. The largest absolute Gasteiger partial charge is 0.480 e. The fourth-order valence-corrected chi connectivity index (χ4v) is 1.12. The van der Waals surface area contributed by atoms with Crippen LogP contribution in [0, 0.1) is 5.92 Å². The molecule has 0 saturated carbocycles. The Hall–Kier alpha value is -0.570. The maximum absolute atomic E-state index is 10.2. The summed E-state index contributed by atoms with van der Waals surface area (Å²) in [4.78, 5) is 10.2. The Balaban J connectivity index is 3.45. The van der Waals surface area contributed by atoms with Crippen LogP contribution in [-0.4, -0.2) is 23.7 Å². The molecule has 0 amide bonds. The zero-order chi connectivity index (χ0) is 9.56. The topological polar surface area (TPSA) is 49.3 Å². The highest BCUT2D eigenvalue weighted by molar-refractivity contribution is 5.69. The van der Waals surface area contributed by atoms with Crippen molar-refractivity contribution >= 4 is 5.97 Å². The molecule has 0 rings (SSSR count). The van der Waals surface area contributed by atoms with E-state index in [0.717, 1.165) is 12.8 Å². The lowest BCUT2D eigenvalue weighted by Crippen LogP contribution is -2.32. The Labute approximate surface area is 74.2 Å². The minimum Gasteiger partial charge on any atom is -0.480 e. The Bertz CT molecular complexity index is 136. The zero-order valence-electron chi connectivity index (χ0n) is 8.13. The molecule has 0 aliphatic heterocycles. The van der Waals surface area contributed by atoms with Crippen LogP contribution in [0.15, 0.2) is 0 Å². The first-order valence-electron chi connectivity index (χ1n) is 4.51. The van der Waals surface area contributed by atoms with Crippen LogP contribution in [0.4, 0.5) is 0 Å². The summed E-state index contributed by atoms with van der Waals surface area (Å²) in [6.07, 6.45) is 2.20. The van der Waals surface area contributed by atoms with Crippen molar-refractivity contribution in [1.82, 2.24) is 5.32 Å². The monoisotopic (exact) mass is 173 g/mol. The van der Waals surface area contributed by atoms with E-state index in [-0.39, 0.29) is 6.54 Å². The molecule has 0 heterocycles. The molecule has 0 aromatic carbocycles. The predicted octanol–water partition coefficient (Wildman–Crippen LogP) is 1.49. The Morgan fingerprint density at radius 1 is 1.50 bits per heavy atom. The number of nitrogens with one attached hydrogen (secondary N) is 1. The van der Waals surface area contributed by atoms with Gasteiger partial charge in [-0.15, -0.1) is 0 Å². The van der Waals surface area contributed by atoms with Gasteiger partial charge in [-0.05, 0) is 19.3 Å². The molecule has 12 heavy (non-hydrogen) atoms. The molecule has 0 saturated heterocycles. The average Bonchev–Trinajstić information content (AvgIpc) is 2.00. The van der Waals surface area contributed by atoms with Crippen molar-refractivity contribution in [3.8, 4) is 0 Å². The van der Waals surface area contributed by atoms with Gasteiger partial charge >= 0.3 is 5.97 Å². The number of hydrogen-bond acceptors (Lipinski definition) is 2. The van der Waals surface area contributed by atoms with Crippen molar-refractivity contribution in [3.63, 3.8) is 0 Å². The Morgan fingerprint density at radius 2 is 2.08 bits per heavy atom. The third kappa shape index (κ3) is 6.16. The second kappa shape index (κ2) is 6.00. The highest BCUT2D eigenvalue weighted by atomic mass is 16.4. The first kappa shape index (κ1) is 11.4. The van der Waals surface area contributed by atoms with Gasteiger partial charge in [-0.3, -0.25) is 4.79 Å². The summed E-state index contributed by atoms with van der Waals surface area (Å²) in [5.41, 5.74) is 0. The van der Waals surface area contributed by atoms with E-state index < -0.39 is 5.97 Å². The van der Waals surface area contributed by atoms with Crippen LogP contribution in [0.5, 0.6) is 0 Å². The lowest BCUT2D eigenvalue weighted by Gasteiger charge is -2.15. The molecule has 2 atom stereocenters. The smallest absolute Gasteiger partial charge is 0.317 e. The number of carboxylic acids is 1. The summed E-state index contributed by atoms with van der Waals surface area (Å²) < 4.78 is 0. The second-order valence-electron chi connectivity index (χ2n) is 3.42. The molecule has 0 aliphatic carbocycles. The molecule has 2 N–H and O–H groups in total. The minimum absolute atomic E-state index is 0.0671. The third-order valence-electron chi connectivity index (χ3n) is 2.05. The molecule has 3 nitrogen and oxygen atoms in total. The van der Waals surface area contributed by atoms with Gasteiger partial charge in [0.1, 0.15) is 0 Å². The molecular formula is C9H19NO2. The van der Waals surface area contributed by atoms with E-state index in [2.05, 4.69) is 19.2 Å². The van der Waals surface area contributed by atoms with Crippen LogP contribution in [0.25, 0.3) is 0 Å². The molecule has 72 valence electrons. The normalized spacial score (nSPS) is 15.6. The molecule has 3 heteroatoms. The van der Waals surface area contributed by atoms with Gasteiger partial charge in [0, 0.05) is 6.04 Å². The fourth-order valence-electron chi connectivity index (χ4n) is 1.12. The third-order valence-corrected chi connectivity index (χ3v) is 2.05. The predicted molar refractivity (Wildman–Crippen MR) is 49.2 cm³/mol. The summed E-state index contributed by atoms with van der Waals surface area (Å²) in [6.45, 7) is 6.42. The van der Waals surface area contributed by atoms with Gasteiger partial charge in [-0.25, -0.2) is 0 Å². The van der Waals surface area contributed by atoms with Crippen LogP contribution in [0.2, 0.25) is 0 Å². The molecule has 0 aromatic heterocycles. The number of aliphatic carboxylic acids is 1. The van der Waals surface area contributed by atoms with Gasteiger partial charge in [0.05, 0.1) is 6.54 Å². The first-order valence-corrected chi connectivity index (χ1v) is 4.51. The number of rotatable bonds is 6. The van der Waals surface area contributed by atoms with E-state index in [4.69, 9.17) is 5.11 Å².